The van der Waals surface area contributed by atoms with Crippen molar-refractivity contribution in [3.05, 3.63) is 17.9 Å². The Balaban J connectivity index is 0. The minimum atomic E-state index is -4.18. The topological polar surface area (TPSA) is 80.7 Å². The summed E-state index contributed by atoms with van der Waals surface area (Å²) in [6, 6.07) is 0. The maximum atomic E-state index is 10.6. The average Bonchev–Trinajstić information content (AvgIpc) is 1.84. The molecule has 7 heteroatoms. The van der Waals surface area contributed by atoms with Gasteiger partial charge in [-0.05, 0) is 13.5 Å². The van der Waals surface area contributed by atoms with E-state index in [0.717, 1.165) is 0 Å². The second kappa shape index (κ2) is 6.56. The van der Waals surface area contributed by atoms with Crippen molar-refractivity contribution in [3.8, 4) is 0 Å². The van der Waals surface area contributed by atoms with Gasteiger partial charge in [0.25, 0.3) is 0 Å². The van der Waals surface area contributed by atoms with Gasteiger partial charge in [-0.1, -0.05) is 6.58 Å². The normalized spacial score (nSPS) is 10.0. The largest absolute Gasteiger partial charge is 1.00 e. The van der Waals surface area contributed by atoms with Crippen LogP contribution in [0.3, 0.4) is 0 Å². The number of hydrogen-bond donors (Lipinski definition) is 1. The Morgan fingerprint density at radius 2 is 2.08 bits per heavy atom. The van der Waals surface area contributed by atoms with E-state index in [2.05, 4.69) is 11.3 Å². The molecule has 0 aromatic rings. The second-order valence-corrected chi connectivity index (χ2v) is 3.42. The van der Waals surface area contributed by atoms with Crippen molar-refractivity contribution >= 4 is 16.1 Å². The van der Waals surface area contributed by atoms with Crippen molar-refractivity contribution in [1.29, 1.82) is 0 Å². The van der Waals surface area contributed by atoms with Crippen LogP contribution >= 0.6 is 0 Å². The van der Waals surface area contributed by atoms with Gasteiger partial charge in [0, 0.05) is 5.57 Å². The fourth-order valence-electron chi connectivity index (χ4n) is 0.319. The summed E-state index contributed by atoms with van der Waals surface area (Å²) in [5.41, 5.74) is 0.165. The van der Waals surface area contributed by atoms with Gasteiger partial charge in [0.15, 0.2) is 0 Å². The number of ether oxygens (including phenoxy) is 1. The van der Waals surface area contributed by atoms with Gasteiger partial charge >= 0.3 is 35.5 Å². The van der Waals surface area contributed by atoms with Crippen LogP contribution in [0.5, 0.6) is 0 Å². The van der Waals surface area contributed by atoms with E-state index >= 15 is 0 Å². The van der Waals surface area contributed by atoms with Crippen LogP contribution in [0, 0.1) is 5.75 Å². The zero-order valence-corrected chi connectivity index (χ0v) is 10.3. The third kappa shape index (κ3) is 10.0. The number of carbonyl (C=O) groups excluding carboxylic acids is 1. The number of rotatable bonds is 4. The molecule has 0 radical (unpaired) electrons. The molecule has 0 spiro atoms. The van der Waals surface area contributed by atoms with Gasteiger partial charge in [-0.3, -0.25) is 0 Å². The fourth-order valence-corrected chi connectivity index (χ4v) is 0.559. The Morgan fingerprint density at radius 3 is 2.38 bits per heavy atom. The van der Waals surface area contributed by atoms with E-state index in [9.17, 15) is 13.2 Å². The van der Waals surface area contributed by atoms with Crippen molar-refractivity contribution in [1.82, 2.24) is 0 Å². The zero-order valence-electron chi connectivity index (χ0n) is 7.48. The minimum Gasteiger partial charge on any atom is -0.494 e. The Morgan fingerprint density at radius 1 is 1.62 bits per heavy atom. The smallest absolute Gasteiger partial charge is 0.494 e. The van der Waals surface area contributed by atoms with Gasteiger partial charge < -0.3 is 9.29 Å². The molecule has 0 aliphatic heterocycles. The van der Waals surface area contributed by atoms with Crippen LogP contribution in [0.2, 0.25) is 0 Å². The summed E-state index contributed by atoms with van der Waals surface area (Å²) in [4.78, 5) is 10.6. The molecule has 0 bridgehead atoms. The van der Waals surface area contributed by atoms with E-state index in [1.807, 2.05) is 0 Å². The maximum absolute atomic E-state index is 10.6. The van der Waals surface area contributed by atoms with Crippen molar-refractivity contribution < 1.29 is 52.1 Å². The summed E-state index contributed by atoms with van der Waals surface area (Å²) < 4.78 is 32.7. The molecule has 0 aromatic heterocycles. The Kier molecular flexibility index (Phi) is 7.86. The van der Waals surface area contributed by atoms with Crippen LogP contribution in [-0.2, 0) is 19.6 Å². The monoisotopic (exact) mass is 216 g/mol. The summed E-state index contributed by atoms with van der Waals surface area (Å²) in [6.07, 6.45) is 0. The second-order valence-electron chi connectivity index (χ2n) is 2.06. The van der Waals surface area contributed by atoms with Crippen molar-refractivity contribution in [2.45, 2.75) is 6.92 Å². The summed E-state index contributed by atoms with van der Waals surface area (Å²) in [5.74, 6) is -0.219. The van der Waals surface area contributed by atoms with Gasteiger partial charge in [0.1, 0.15) is 10.1 Å². The SMILES string of the molecule is C=C(C)C(=O)OC[CH-]S(=O)(=O)O.[Na+]. The molecule has 5 nitrogen and oxygen atoms in total. The molecule has 0 unspecified atom stereocenters. The fraction of sp³-hybridized carbons (Fsp3) is 0.333. The summed E-state index contributed by atoms with van der Waals surface area (Å²) in [5, 5.41) is 0. The van der Waals surface area contributed by atoms with E-state index in [1.54, 1.807) is 0 Å². The third-order valence-corrected chi connectivity index (χ3v) is 1.40. The van der Waals surface area contributed by atoms with Gasteiger partial charge in [-0.15, -0.1) is 5.75 Å². The molecule has 0 rings (SSSR count). The molecular formula is C6H9NaO5S. The summed E-state index contributed by atoms with van der Waals surface area (Å²) in [7, 11) is -4.18. The molecule has 0 saturated carbocycles. The van der Waals surface area contributed by atoms with E-state index in [0.29, 0.717) is 5.75 Å². The first-order chi connectivity index (χ1) is 5.33. The van der Waals surface area contributed by atoms with Crippen LogP contribution in [0.1, 0.15) is 6.92 Å². The molecule has 13 heavy (non-hydrogen) atoms. The summed E-state index contributed by atoms with van der Waals surface area (Å²) >= 11 is 0. The van der Waals surface area contributed by atoms with Gasteiger partial charge in [-0.2, -0.15) is 0 Å². The van der Waals surface area contributed by atoms with Crippen LogP contribution in [0.4, 0.5) is 0 Å². The zero-order chi connectivity index (χ0) is 9.78. The summed E-state index contributed by atoms with van der Waals surface area (Å²) in [6.45, 7) is 4.21. The molecular weight excluding hydrogens is 207 g/mol. The van der Waals surface area contributed by atoms with E-state index < -0.39 is 22.7 Å². The molecule has 0 aliphatic rings. The molecule has 0 aliphatic carbocycles. The van der Waals surface area contributed by atoms with Gasteiger partial charge in [0.2, 0.25) is 0 Å². The third-order valence-electron chi connectivity index (χ3n) is 0.842. The molecule has 0 amide bonds. The predicted molar refractivity (Wildman–Crippen MR) is 41.6 cm³/mol. The standard InChI is InChI=1S/C6H9O5S.Na/c1-5(2)6(7)11-3-4-12(8,9)10;/h4H,1,3H2,2H3,(H,8,9,10);/q-1;+1. The first-order valence-corrected chi connectivity index (χ1v) is 4.46. The van der Waals surface area contributed by atoms with Crippen molar-refractivity contribution in [3.63, 3.8) is 0 Å². The first kappa shape index (κ1) is 15.6. The van der Waals surface area contributed by atoms with Crippen LogP contribution in [0.25, 0.3) is 0 Å². The maximum Gasteiger partial charge on any atom is 1.00 e. The molecule has 0 saturated heterocycles. The molecule has 0 heterocycles. The van der Waals surface area contributed by atoms with Crippen molar-refractivity contribution in [2.75, 3.05) is 6.61 Å². The molecule has 0 fully saturated rings. The van der Waals surface area contributed by atoms with E-state index in [1.165, 1.54) is 6.92 Å². The minimum absolute atomic E-state index is 0. The quantitative estimate of drug-likeness (QED) is 0.180. The number of carbonyl (C=O) groups is 1. The first-order valence-electron chi connectivity index (χ1n) is 2.96. The Labute approximate surface area is 99.2 Å². The Bertz CT molecular complexity index is 281. The van der Waals surface area contributed by atoms with Gasteiger partial charge in [0.05, 0.1) is 0 Å². The molecule has 70 valence electrons. The molecule has 0 aromatic carbocycles. The molecule has 1 N–H and O–H groups in total. The average molecular weight is 216 g/mol. The Hall–Kier alpha value is 0.120. The molecule has 0 atom stereocenters. The van der Waals surface area contributed by atoms with E-state index in [4.69, 9.17) is 4.55 Å². The van der Waals surface area contributed by atoms with Crippen molar-refractivity contribution in [2.24, 2.45) is 0 Å². The van der Waals surface area contributed by atoms with Crippen LogP contribution in [0.15, 0.2) is 12.2 Å². The van der Waals surface area contributed by atoms with E-state index in [-0.39, 0.29) is 35.1 Å². The van der Waals surface area contributed by atoms with Gasteiger partial charge in [-0.25, -0.2) is 13.2 Å². The van der Waals surface area contributed by atoms with Crippen LogP contribution in [-0.4, -0.2) is 25.5 Å². The predicted octanol–water partition coefficient (Wildman–Crippen LogP) is -2.84. The number of hydrogen-bond acceptors (Lipinski definition) is 4. The van der Waals surface area contributed by atoms with Crippen LogP contribution < -0.4 is 29.6 Å². The number of esters is 1.